The second-order valence-electron chi connectivity index (χ2n) is 4.44. The lowest BCUT2D eigenvalue weighted by Gasteiger charge is -2.09. The van der Waals surface area contributed by atoms with Gasteiger partial charge in [-0.3, -0.25) is 4.79 Å². The molecule has 0 saturated carbocycles. The summed E-state index contributed by atoms with van der Waals surface area (Å²) in [5.41, 5.74) is -1.31. The van der Waals surface area contributed by atoms with E-state index in [4.69, 9.17) is 0 Å². The van der Waals surface area contributed by atoms with Gasteiger partial charge in [-0.15, -0.1) is 11.3 Å². The van der Waals surface area contributed by atoms with Crippen LogP contribution in [0, 0.1) is 0 Å². The second-order valence-corrected chi connectivity index (χ2v) is 5.56. The quantitative estimate of drug-likeness (QED) is 0.921. The van der Waals surface area contributed by atoms with E-state index in [1.165, 1.54) is 11.3 Å². The summed E-state index contributed by atoms with van der Waals surface area (Å²) in [6.45, 7) is 2.87. The predicted molar refractivity (Wildman–Crippen MR) is 75.7 cm³/mol. The zero-order chi connectivity index (χ0) is 15.5. The van der Waals surface area contributed by atoms with E-state index in [0.717, 1.165) is 40.7 Å². The maximum atomic E-state index is 12.6. The van der Waals surface area contributed by atoms with E-state index in [9.17, 15) is 18.0 Å². The van der Waals surface area contributed by atoms with Crippen molar-refractivity contribution in [1.82, 2.24) is 9.55 Å². The first-order valence-electron chi connectivity index (χ1n) is 6.36. The molecule has 0 atom stereocenters. The SMILES string of the molecule is CCCNc1ncc(Cn2cc(C(F)(F)F)ccc2=O)s1. The number of rotatable bonds is 5. The molecule has 2 rings (SSSR count). The normalized spacial score (nSPS) is 11.6. The molecule has 0 spiro atoms. The Kier molecular flexibility index (Phi) is 4.66. The van der Waals surface area contributed by atoms with Gasteiger partial charge in [0.05, 0.1) is 12.1 Å². The minimum absolute atomic E-state index is 0.0776. The molecule has 0 aliphatic carbocycles. The predicted octanol–water partition coefficient (Wildman–Crippen LogP) is 3.19. The summed E-state index contributed by atoms with van der Waals surface area (Å²) in [5.74, 6) is 0. The fraction of sp³-hybridized carbons (Fsp3) is 0.385. The highest BCUT2D eigenvalue weighted by atomic mass is 32.1. The topological polar surface area (TPSA) is 46.9 Å². The van der Waals surface area contributed by atoms with Gasteiger partial charge in [-0.25, -0.2) is 4.98 Å². The molecule has 0 saturated heterocycles. The lowest BCUT2D eigenvalue weighted by Crippen LogP contribution is -2.21. The van der Waals surface area contributed by atoms with Crippen LogP contribution in [-0.4, -0.2) is 16.1 Å². The molecule has 1 N–H and O–H groups in total. The zero-order valence-corrected chi connectivity index (χ0v) is 12.1. The van der Waals surface area contributed by atoms with Gasteiger partial charge in [0.1, 0.15) is 0 Å². The van der Waals surface area contributed by atoms with Crippen LogP contribution in [0.1, 0.15) is 23.8 Å². The summed E-state index contributed by atoms with van der Waals surface area (Å²) in [4.78, 5) is 16.5. The first-order valence-corrected chi connectivity index (χ1v) is 7.18. The molecule has 0 amide bonds. The number of aromatic nitrogens is 2. The first kappa shape index (κ1) is 15.6. The molecule has 8 heteroatoms. The molecule has 0 fully saturated rings. The van der Waals surface area contributed by atoms with Crippen LogP contribution in [0.3, 0.4) is 0 Å². The monoisotopic (exact) mass is 317 g/mol. The first-order chi connectivity index (χ1) is 9.90. The van der Waals surface area contributed by atoms with Gasteiger partial charge < -0.3 is 9.88 Å². The second kappa shape index (κ2) is 6.30. The number of alkyl halides is 3. The largest absolute Gasteiger partial charge is 0.417 e. The van der Waals surface area contributed by atoms with Crippen LogP contribution in [0.5, 0.6) is 0 Å². The Morgan fingerprint density at radius 3 is 2.81 bits per heavy atom. The number of nitrogens with zero attached hydrogens (tertiary/aromatic N) is 2. The van der Waals surface area contributed by atoms with Crippen LogP contribution in [0.4, 0.5) is 18.3 Å². The Morgan fingerprint density at radius 2 is 2.14 bits per heavy atom. The van der Waals surface area contributed by atoms with Gasteiger partial charge in [0.2, 0.25) is 0 Å². The van der Waals surface area contributed by atoms with Gasteiger partial charge in [-0.2, -0.15) is 13.2 Å². The van der Waals surface area contributed by atoms with E-state index >= 15 is 0 Å². The molecule has 0 radical (unpaired) electrons. The standard InChI is InChI=1S/C13H14F3N3OS/c1-2-5-17-12-18-6-10(21-12)8-19-7-9(13(14,15)16)3-4-11(19)20/h3-4,6-7H,2,5,8H2,1H3,(H,17,18). The lowest BCUT2D eigenvalue weighted by atomic mass is 10.3. The molecular formula is C13H14F3N3OS. The molecule has 0 unspecified atom stereocenters. The summed E-state index contributed by atoms with van der Waals surface area (Å²) >= 11 is 1.33. The van der Waals surface area contributed by atoms with Crippen molar-refractivity contribution in [2.45, 2.75) is 26.1 Å². The maximum absolute atomic E-state index is 12.6. The molecule has 21 heavy (non-hydrogen) atoms. The van der Waals surface area contributed by atoms with E-state index in [1.807, 2.05) is 6.92 Å². The van der Waals surface area contributed by atoms with E-state index < -0.39 is 17.3 Å². The van der Waals surface area contributed by atoms with Crippen molar-refractivity contribution in [2.75, 3.05) is 11.9 Å². The molecular weight excluding hydrogens is 303 g/mol. The molecule has 2 aromatic rings. The van der Waals surface area contributed by atoms with E-state index in [2.05, 4.69) is 10.3 Å². The molecule has 114 valence electrons. The molecule has 4 nitrogen and oxygen atoms in total. The molecule has 2 heterocycles. The van der Waals surface area contributed by atoms with E-state index in [0.29, 0.717) is 5.13 Å². The number of thiazole rings is 1. The van der Waals surface area contributed by atoms with Gasteiger partial charge in [-0.05, 0) is 12.5 Å². The van der Waals surface area contributed by atoms with Gasteiger partial charge in [0, 0.05) is 29.9 Å². The average Bonchev–Trinajstić information content (AvgIpc) is 2.85. The van der Waals surface area contributed by atoms with Crippen LogP contribution in [0.2, 0.25) is 0 Å². The van der Waals surface area contributed by atoms with Crippen LogP contribution in [0.25, 0.3) is 0 Å². The number of pyridine rings is 1. The van der Waals surface area contributed by atoms with Crippen molar-refractivity contribution in [1.29, 1.82) is 0 Å². The maximum Gasteiger partial charge on any atom is 0.417 e. The smallest absolute Gasteiger partial charge is 0.362 e. The van der Waals surface area contributed by atoms with Gasteiger partial charge in [-0.1, -0.05) is 6.92 Å². The summed E-state index contributed by atoms with van der Waals surface area (Å²) in [6, 6.07) is 1.72. The van der Waals surface area contributed by atoms with Gasteiger partial charge >= 0.3 is 6.18 Å². The Labute approximate surface area is 123 Å². The van der Waals surface area contributed by atoms with Crippen molar-refractivity contribution in [2.24, 2.45) is 0 Å². The summed E-state index contributed by atoms with van der Waals surface area (Å²) < 4.78 is 39.0. The Bertz CT molecular complexity index is 663. The van der Waals surface area contributed by atoms with E-state index in [1.54, 1.807) is 6.20 Å². The number of hydrogen-bond donors (Lipinski definition) is 1. The Morgan fingerprint density at radius 1 is 1.38 bits per heavy atom. The molecule has 0 aromatic carbocycles. The number of nitrogens with one attached hydrogen (secondary N) is 1. The van der Waals surface area contributed by atoms with E-state index in [-0.39, 0.29) is 6.54 Å². The molecule has 2 aromatic heterocycles. The van der Waals surface area contributed by atoms with Gasteiger partial charge in [0.25, 0.3) is 5.56 Å². The number of anilines is 1. The summed E-state index contributed by atoms with van der Waals surface area (Å²) in [6.07, 6.45) is -1.12. The fourth-order valence-electron chi connectivity index (χ4n) is 1.68. The molecule has 0 aliphatic rings. The third kappa shape index (κ3) is 4.07. The van der Waals surface area contributed by atoms with Crippen molar-refractivity contribution in [3.8, 4) is 0 Å². The zero-order valence-electron chi connectivity index (χ0n) is 11.3. The fourth-order valence-corrected chi connectivity index (χ4v) is 2.52. The molecule has 0 aliphatic heterocycles. The minimum Gasteiger partial charge on any atom is -0.362 e. The van der Waals surface area contributed by atoms with Crippen LogP contribution in [-0.2, 0) is 12.7 Å². The van der Waals surface area contributed by atoms with Gasteiger partial charge in [0.15, 0.2) is 5.13 Å². The highest BCUT2D eigenvalue weighted by Gasteiger charge is 2.31. The summed E-state index contributed by atoms with van der Waals surface area (Å²) in [5, 5.41) is 3.79. The summed E-state index contributed by atoms with van der Waals surface area (Å²) in [7, 11) is 0. The van der Waals surface area contributed by atoms with Crippen molar-refractivity contribution in [3.05, 3.63) is 45.3 Å². The number of hydrogen-bond acceptors (Lipinski definition) is 4. The Hall–Kier alpha value is -1.83. The van der Waals surface area contributed by atoms with Crippen LogP contribution < -0.4 is 10.9 Å². The Balaban J connectivity index is 2.19. The lowest BCUT2D eigenvalue weighted by molar-refractivity contribution is -0.138. The minimum atomic E-state index is -4.46. The highest BCUT2D eigenvalue weighted by Crippen LogP contribution is 2.28. The van der Waals surface area contributed by atoms with Crippen molar-refractivity contribution >= 4 is 16.5 Å². The van der Waals surface area contributed by atoms with Crippen LogP contribution in [0.15, 0.2) is 29.3 Å². The van der Waals surface area contributed by atoms with Crippen molar-refractivity contribution in [3.63, 3.8) is 0 Å². The van der Waals surface area contributed by atoms with Crippen LogP contribution >= 0.6 is 11.3 Å². The third-order valence-electron chi connectivity index (χ3n) is 2.72. The third-order valence-corrected chi connectivity index (χ3v) is 3.66. The van der Waals surface area contributed by atoms with Crippen molar-refractivity contribution < 1.29 is 13.2 Å². The highest BCUT2D eigenvalue weighted by molar-refractivity contribution is 7.15. The average molecular weight is 317 g/mol. The number of halogens is 3. The molecule has 0 bridgehead atoms.